The summed E-state index contributed by atoms with van der Waals surface area (Å²) in [6, 6.07) is 9.61. The number of hydrogen-bond donors (Lipinski definition) is 2. The van der Waals surface area contributed by atoms with Gasteiger partial charge < -0.3 is 19.7 Å². The number of rotatable bonds is 12. The Kier molecular flexibility index (Phi) is 14.2. The van der Waals surface area contributed by atoms with E-state index >= 15 is 0 Å². The lowest BCUT2D eigenvalue weighted by Gasteiger charge is -2.19. The number of aliphatic hydroxyl groups is 2. The van der Waals surface area contributed by atoms with Gasteiger partial charge in [0.15, 0.2) is 0 Å². The largest absolute Gasteiger partial charge is 0.494 e. The Morgan fingerprint density at radius 1 is 0.769 bits per heavy atom. The van der Waals surface area contributed by atoms with Gasteiger partial charge >= 0.3 is 12.4 Å². The minimum Gasteiger partial charge on any atom is -0.494 e. The van der Waals surface area contributed by atoms with Crippen molar-refractivity contribution in [1.82, 2.24) is 0 Å². The van der Waals surface area contributed by atoms with Crippen molar-refractivity contribution in [3.05, 3.63) is 58.7 Å². The van der Waals surface area contributed by atoms with Gasteiger partial charge in [0.05, 0.1) is 47.1 Å². The fourth-order valence-corrected chi connectivity index (χ4v) is 3.37. The molecule has 0 aliphatic heterocycles. The average Bonchev–Trinajstić information content (AvgIpc) is 2.89. The number of ether oxygens (including phenoxy) is 2. The van der Waals surface area contributed by atoms with Gasteiger partial charge in [0, 0.05) is 13.2 Å². The van der Waals surface area contributed by atoms with Crippen molar-refractivity contribution in [2.24, 2.45) is 0 Å². The Labute approximate surface area is 223 Å². The quantitative estimate of drug-likeness (QED) is 0.223. The molecule has 2 N–H and O–H groups in total. The van der Waals surface area contributed by atoms with Crippen LogP contribution in [-0.2, 0) is 12.4 Å². The molecule has 39 heavy (non-hydrogen) atoms. The van der Waals surface area contributed by atoms with Gasteiger partial charge in [0.25, 0.3) is 0 Å². The standard InChI is InChI=1S/C15H18F3NO2.C12H12F3NO2/c1-2-4-12(5-3-8-20)21-13-7-6-11(10-19)14(9-13)15(16,17)18;13-12(14,15)11-7-10(4-3-9(11)8-16)18-6-2-1-5-17/h6-7,9,12,20H,2-5,8H2,1H3;3-4,7,17H,1-2,5-6H2. The SMILES string of the molecule is CCCC(CCCO)Oc1ccc(C#N)c(C(F)(F)F)c1.N#Cc1ccc(OCCCCO)cc1C(F)(F)F. The lowest BCUT2D eigenvalue weighted by molar-refractivity contribution is -0.138. The molecule has 2 aromatic carbocycles. The monoisotopic (exact) mass is 560 g/mol. The predicted molar refractivity (Wildman–Crippen MR) is 130 cm³/mol. The van der Waals surface area contributed by atoms with Crippen LogP contribution in [0.2, 0.25) is 0 Å². The van der Waals surface area contributed by atoms with Crippen molar-refractivity contribution in [2.75, 3.05) is 19.8 Å². The molecule has 1 unspecified atom stereocenters. The van der Waals surface area contributed by atoms with Gasteiger partial charge in [0.1, 0.15) is 11.5 Å². The van der Waals surface area contributed by atoms with E-state index in [-0.39, 0.29) is 37.4 Å². The van der Waals surface area contributed by atoms with Crippen LogP contribution in [0.4, 0.5) is 26.3 Å². The first-order valence-electron chi connectivity index (χ1n) is 12.1. The number of nitriles is 2. The molecule has 0 saturated carbocycles. The van der Waals surface area contributed by atoms with Crippen LogP contribution in [0.5, 0.6) is 11.5 Å². The van der Waals surface area contributed by atoms with Crippen LogP contribution < -0.4 is 9.47 Å². The van der Waals surface area contributed by atoms with E-state index in [4.69, 9.17) is 30.2 Å². The van der Waals surface area contributed by atoms with E-state index in [0.717, 1.165) is 30.7 Å². The molecule has 0 fully saturated rings. The van der Waals surface area contributed by atoms with E-state index < -0.39 is 34.6 Å². The normalized spacial score (nSPS) is 12.0. The number of halogens is 6. The average molecular weight is 561 g/mol. The van der Waals surface area contributed by atoms with Crippen molar-refractivity contribution < 1.29 is 46.0 Å². The molecule has 0 radical (unpaired) electrons. The van der Waals surface area contributed by atoms with Gasteiger partial charge in [-0.05, 0) is 68.5 Å². The maximum atomic E-state index is 12.9. The molecule has 0 heterocycles. The molecule has 0 saturated heterocycles. The zero-order chi connectivity index (χ0) is 29.5. The number of benzene rings is 2. The second-order valence-corrected chi connectivity index (χ2v) is 8.31. The number of alkyl halides is 6. The van der Waals surface area contributed by atoms with Crippen LogP contribution in [0.25, 0.3) is 0 Å². The Morgan fingerprint density at radius 3 is 1.74 bits per heavy atom. The highest BCUT2D eigenvalue weighted by molar-refractivity contribution is 5.45. The topological polar surface area (TPSA) is 106 Å². The summed E-state index contributed by atoms with van der Waals surface area (Å²) >= 11 is 0. The molecule has 2 rings (SSSR count). The highest BCUT2D eigenvalue weighted by Crippen LogP contribution is 2.35. The Bertz CT molecular complexity index is 1110. The van der Waals surface area contributed by atoms with E-state index in [1.807, 2.05) is 6.92 Å². The fraction of sp³-hybridized carbons (Fsp3) is 0.481. The van der Waals surface area contributed by atoms with E-state index in [1.165, 1.54) is 24.3 Å². The highest BCUT2D eigenvalue weighted by atomic mass is 19.4. The van der Waals surface area contributed by atoms with Gasteiger partial charge in [-0.2, -0.15) is 36.9 Å². The smallest absolute Gasteiger partial charge is 0.417 e. The summed E-state index contributed by atoms with van der Waals surface area (Å²) in [5.74, 6) is 0.164. The predicted octanol–water partition coefficient (Wildman–Crippen LogP) is 6.63. The molecule has 0 aliphatic carbocycles. The van der Waals surface area contributed by atoms with Crippen LogP contribution in [0.15, 0.2) is 36.4 Å². The van der Waals surface area contributed by atoms with Crippen molar-refractivity contribution in [1.29, 1.82) is 10.5 Å². The summed E-state index contributed by atoms with van der Waals surface area (Å²) in [4.78, 5) is 0. The number of hydrogen-bond acceptors (Lipinski definition) is 6. The van der Waals surface area contributed by atoms with Crippen molar-refractivity contribution >= 4 is 0 Å². The lowest BCUT2D eigenvalue weighted by atomic mass is 10.1. The molecule has 0 amide bonds. The maximum Gasteiger partial charge on any atom is 0.417 e. The summed E-state index contributed by atoms with van der Waals surface area (Å²) in [5.41, 5.74) is -2.83. The molecule has 214 valence electrons. The summed E-state index contributed by atoms with van der Waals surface area (Å²) in [5, 5.41) is 34.7. The van der Waals surface area contributed by atoms with Gasteiger partial charge in [-0.3, -0.25) is 0 Å². The van der Waals surface area contributed by atoms with E-state index in [0.29, 0.717) is 32.1 Å². The van der Waals surface area contributed by atoms with Crippen LogP contribution in [0.3, 0.4) is 0 Å². The maximum absolute atomic E-state index is 12.9. The van der Waals surface area contributed by atoms with Gasteiger partial charge in [-0.25, -0.2) is 0 Å². The van der Waals surface area contributed by atoms with Gasteiger partial charge in [0.2, 0.25) is 0 Å². The minimum absolute atomic E-state index is 0.0184. The second-order valence-electron chi connectivity index (χ2n) is 8.31. The van der Waals surface area contributed by atoms with Crippen LogP contribution in [0, 0.1) is 22.7 Å². The molecule has 0 bridgehead atoms. The Hall–Kier alpha value is -3.48. The van der Waals surface area contributed by atoms with E-state index in [2.05, 4.69) is 0 Å². The molecular formula is C27H30F6N2O4. The second kappa shape index (κ2) is 16.5. The zero-order valence-corrected chi connectivity index (χ0v) is 21.3. The number of nitrogens with zero attached hydrogens (tertiary/aromatic N) is 2. The van der Waals surface area contributed by atoms with Gasteiger partial charge in [-0.1, -0.05) is 13.3 Å². The van der Waals surface area contributed by atoms with E-state index in [1.54, 1.807) is 0 Å². The Morgan fingerprint density at radius 2 is 1.28 bits per heavy atom. The van der Waals surface area contributed by atoms with Gasteiger partial charge in [-0.15, -0.1) is 0 Å². The zero-order valence-electron chi connectivity index (χ0n) is 21.3. The molecule has 0 spiro atoms. The van der Waals surface area contributed by atoms with E-state index in [9.17, 15) is 26.3 Å². The van der Waals surface area contributed by atoms with Crippen molar-refractivity contribution in [3.63, 3.8) is 0 Å². The highest BCUT2D eigenvalue weighted by Gasteiger charge is 2.35. The molecule has 0 aliphatic rings. The number of unbranched alkanes of at least 4 members (excludes halogenated alkanes) is 1. The molecule has 1 atom stereocenters. The summed E-state index contributed by atoms with van der Waals surface area (Å²) in [6.07, 6.45) is -5.68. The summed E-state index contributed by atoms with van der Waals surface area (Å²) in [7, 11) is 0. The van der Waals surface area contributed by atoms with Crippen LogP contribution in [-0.4, -0.2) is 36.1 Å². The number of aliphatic hydroxyl groups excluding tert-OH is 2. The Balaban J connectivity index is 0.000000395. The minimum atomic E-state index is -4.59. The van der Waals surface area contributed by atoms with Crippen LogP contribution in [0.1, 0.15) is 67.7 Å². The van der Waals surface area contributed by atoms with Crippen LogP contribution >= 0.6 is 0 Å². The first kappa shape index (κ1) is 33.5. The third-order valence-electron chi connectivity index (χ3n) is 5.25. The summed E-state index contributed by atoms with van der Waals surface area (Å²) < 4.78 is 87.1. The molecule has 2 aromatic rings. The van der Waals surface area contributed by atoms with Crippen molar-refractivity contribution in [3.8, 4) is 23.6 Å². The van der Waals surface area contributed by atoms with Crippen molar-refractivity contribution in [2.45, 2.75) is 63.9 Å². The molecular weight excluding hydrogens is 530 g/mol. The first-order valence-corrected chi connectivity index (χ1v) is 12.1. The molecule has 6 nitrogen and oxygen atoms in total. The summed E-state index contributed by atoms with van der Waals surface area (Å²) in [6.45, 7) is 2.22. The molecule has 0 aromatic heterocycles. The first-order chi connectivity index (χ1) is 18.4. The third-order valence-corrected chi connectivity index (χ3v) is 5.25. The fourth-order valence-electron chi connectivity index (χ4n) is 3.37. The molecule has 12 heteroatoms. The third kappa shape index (κ3) is 11.8. The lowest BCUT2D eigenvalue weighted by Crippen LogP contribution is -2.17.